The SMILES string of the molecule is Cc1cccc(CC(=O)c2cc(Cl)c(N)c(Cl)c2)c1. The maximum atomic E-state index is 12.2. The van der Waals surface area contributed by atoms with Gasteiger partial charge in [0.1, 0.15) is 0 Å². The summed E-state index contributed by atoms with van der Waals surface area (Å²) < 4.78 is 0. The van der Waals surface area contributed by atoms with Gasteiger partial charge in [0.15, 0.2) is 5.78 Å². The molecule has 0 spiro atoms. The Morgan fingerprint density at radius 3 is 2.37 bits per heavy atom. The van der Waals surface area contributed by atoms with Gasteiger partial charge < -0.3 is 5.73 Å². The number of anilines is 1. The lowest BCUT2D eigenvalue weighted by atomic mass is 10.0. The number of benzene rings is 2. The van der Waals surface area contributed by atoms with Crippen LogP contribution in [0, 0.1) is 6.92 Å². The lowest BCUT2D eigenvalue weighted by Crippen LogP contribution is -2.04. The Morgan fingerprint density at radius 1 is 1.16 bits per heavy atom. The molecule has 0 saturated heterocycles. The van der Waals surface area contributed by atoms with Crippen LogP contribution in [0.15, 0.2) is 36.4 Å². The molecule has 0 unspecified atom stereocenters. The standard InChI is InChI=1S/C15H13Cl2NO/c1-9-3-2-4-10(5-9)6-14(19)11-7-12(16)15(18)13(17)8-11/h2-5,7-8H,6,18H2,1H3. The number of carbonyl (C=O) groups is 1. The van der Waals surface area contributed by atoms with Crippen LogP contribution in [0.5, 0.6) is 0 Å². The third-order valence-corrected chi connectivity index (χ3v) is 3.47. The van der Waals surface area contributed by atoms with Crippen LogP contribution in [-0.2, 0) is 6.42 Å². The molecule has 2 N–H and O–H groups in total. The molecule has 2 aromatic rings. The molecule has 98 valence electrons. The summed E-state index contributed by atoms with van der Waals surface area (Å²) >= 11 is 11.9. The van der Waals surface area contributed by atoms with E-state index in [1.165, 1.54) is 0 Å². The molecular formula is C15H13Cl2NO. The van der Waals surface area contributed by atoms with Gasteiger partial charge >= 0.3 is 0 Å². The molecule has 0 fully saturated rings. The van der Waals surface area contributed by atoms with E-state index in [9.17, 15) is 4.79 Å². The van der Waals surface area contributed by atoms with Crippen LogP contribution in [0.25, 0.3) is 0 Å². The van der Waals surface area contributed by atoms with E-state index in [1.54, 1.807) is 12.1 Å². The average Bonchev–Trinajstić information content (AvgIpc) is 2.35. The molecule has 0 aromatic heterocycles. The molecule has 0 atom stereocenters. The molecule has 0 heterocycles. The van der Waals surface area contributed by atoms with Crippen LogP contribution in [0.1, 0.15) is 21.5 Å². The van der Waals surface area contributed by atoms with Crippen LogP contribution < -0.4 is 5.73 Å². The number of rotatable bonds is 3. The summed E-state index contributed by atoms with van der Waals surface area (Å²) in [5, 5.41) is 0.611. The van der Waals surface area contributed by atoms with Gasteiger partial charge in [-0.05, 0) is 24.6 Å². The molecule has 0 radical (unpaired) electrons. The summed E-state index contributed by atoms with van der Waals surface area (Å²) in [6.45, 7) is 1.99. The number of hydrogen-bond acceptors (Lipinski definition) is 2. The van der Waals surface area contributed by atoms with Crippen LogP contribution in [-0.4, -0.2) is 5.78 Å². The number of hydrogen-bond donors (Lipinski definition) is 1. The van der Waals surface area contributed by atoms with Crippen molar-refractivity contribution in [2.75, 3.05) is 5.73 Å². The van der Waals surface area contributed by atoms with Gasteiger partial charge in [-0.2, -0.15) is 0 Å². The van der Waals surface area contributed by atoms with Gasteiger partial charge in [0.25, 0.3) is 0 Å². The van der Waals surface area contributed by atoms with Crippen molar-refractivity contribution in [1.82, 2.24) is 0 Å². The molecule has 0 aliphatic rings. The van der Waals surface area contributed by atoms with Crippen molar-refractivity contribution in [2.24, 2.45) is 0 Å². The van der Waals surface area contributed by atoms with E-state index in [4.69, 9.17) is 28.9 Å². The number of nitrogen functional groups attached to an aromatic ring is 1. The van der Waals surface area contributed by atoms with Crippen molar-refractivity contribution in [3.63, 3.8) is 0 Å². The Hall–Kier alpha value is -1.51. The highest BCUT2D eigenvalue weighted by Gasteiger charge is 2.12. The maximum Gasteiger partial charge on any atom is 0.167 e. The topological polar surface area (TPSA) is 43.1 Å². The van der Waals surface area contributed by atoms with E-state index in [-0.39, 0.29) is 5.78 Å². The minimum absolute atomic E-state index is 0.0330. The molecule has 2 nitrogen and oxygen atoms in total. The van der Waals surface area contributed by atoms with E-state index in [0.29, 0.717) is 27.7 Å². The summed E-state index contributed by atoms with van der Waals surface area (Å²) in [4.78, 5) is 12.2. The van der Waals surface area contributed by atoms with Crippen LogP contribution in [0.2, 0.25) is 10.0 Å². The molecule has 0 amide bonds. The Balaban J connectivity index is 2.25. The Bertz CT molecular complexity index is 615. The van der Waals surface area contributed by atoms with E-state index < -0.39 is 0 Å². The highest BCUT2D eigenvalue weighted by Crippen LogP contribution is 2.29. The fourth-order valence-corrected chi connectivity index (χ4v) is 2.34. The second kappa shape index (κ2) is 5.64. The molecular weight excluding hydrogens is 281 g/mol. The summed E-state index contributed by atoms with van der Waals surface area (Å²) in [5.74, 6) is -0.0330. The largest absolute Gasteiger partial charge is 0.396 e. The van der Waals surface area contributed by atoms with E-state index >= 15 is 0 Å². The normalized spacial score (nSPS) is 10.5. The lowest BCUT2D eigenvalue weighted by molar-refractivity contribution is 0.0993. The zero-order valence-corrected chi connectivity index (χ0v) is 11.9. The first-order valence-corrected chi connectivity index (χ1v) is 6.56. The van der Waals surface area contributed by atoms with Gasteiger partial charge in [-0.15, -0.1) is 0 Å². The number of aryl methyl sites for hydroxylation is 1. The molecule has 0 aliphatic carbocycles. The summed E-state index contributed by atoms with van der Waals surface area (Å²) in [6, 6.07) is 10.9. The molecule has 2 aromatic carbocycles. The fourth-order valence-electron chi connectivity index (χ4n) is 1.85. The Kier molecular flexibility index (Phi) is 4.13. The predicted molar refractivity (Wildman–Crippen MR) is 80.1 cm³/mol. The van der Waals surface area contributed by atoms with Crippen molar-refractivity contribution < 1.29 is 4.79 Å². The number of carbonyl (C=O) groups excluding carboxylic acids is 1. The molecule has 0 bridgehead atoms. The number of Topliss-reactive ketones (excluding diaryl/α,β-unsaturated/α-hetero) is 1. The highest BCUT2D eigenvalue weighted by atomic mass is 35.5. The quantitative estimate of drug-likeness (QED) is 0.677. The minimum Gasteiger partial charge on any atom is -0.396 e. The molecule has 4 heteroatoms. The van der Waals surface area contributed by atoms with E-state index in [0.717, 1.165) is 11.1 Å². The van der Waals surface area contributed by atoms with Crippen molar-refractivity contribution in [1.29, 1.82) is 0 Å². The number of halogens is 2. The van der Waals surface area contributed by atoms with Crippen molar-refractivity contribution in [3.05, 3.63) is 63.1 Å². The first-order valence-electron chi connectivity index (χ1n) is 5.80. The molecule has 0 aliphatic heterocycles. The smallest absolute Gasteiger partial charge is 0.167 e. The van der Waals surface area contributed by atoms with Gasteiger partial charge in [0.2, 0.25) is 0 Å². The second-order valence-corrected chi connectivity index (χ2v) is 5.26. The van der Waals surface area contributed by atoms with Crippen LogP contribution in [0.4, 0.5) is 5.69 Å². The molecule has 2 rings (SSSR count). The van der Waals surface area contributed by atoms with Gasteiger partial charge in [-0.25, -0.2) is 0 Å². The Labute approximate surface area is 122 Å². The first kappa shape index (κ1) is 13.9. The van der Waals surface area contributed by atoms with Gasteiger partial charge in [-0.3, -0.25) is 4.79 Å². The third-order valence-electron chi connectivity index (χ3n) is 2.85. The van der Waals surface area contributed by atoms with Crippen LogP contribution in [0.3, 0.4) is 0 Å². The van der Waals surface area contributed by atoms with Gasteiger partial charge in [-0.1, -0.05) is 53.0 Å². The van der Waals surface area contributed by atoms with Crippen LogP contribution >= 0.6 is 23.2 Å². The van der Waals surface area contributed by atoms with Gasteiger partial charge in [0.05, 0.1) is 15.7 Å². The minimum atomic E-state index is -0.0330. The zero-order valence-electron chi connectivity index (χ0n) is 10.4. The average molecular weight is 294 g/mol. The van der Waals surface area contributed by atoms with Crippen molar-refractivity contribution >= 4 is 34.7 Å². The third kappa shape index (κ3) is 3.28. The molecule has 0 saturated carbocycles. The second-order valence-electron chi connectivity index (χ2n) is 4.44. The number of nitrogens with two attached hydrogens (primary N) is 1. The zero-order chi connectivity index (χ0) is 14.0. The predicted octanol–water partition coefficient (Wildman–Crippen LogP) is 4.31. The Morgan fingerprint density at radius 2 is 1.79 bits per heavy atom. The summed E-state index contributed by atoms with van der Waals surface area (Å²) in [6.07, 6.45) is 0.318. The molecule has 19 heavy (non-hydrogen) atoms. The highest BCUT2D eigenvalue weighted by molar-refractivity contribution is 6.39. The van der Waals surface area contributed by atoms with Gasteiger partial charge in [0, 0.05) is 12.0 Å². The number of ketones is 1. The van der Waals surface area contributed by atoms with Crippen molar-refractivity contribution in [3.8, 4) is 0 Å². The van der Waals surface area contributed by atoms with E-state index in [1.807, 2.05) is 31.2 Å². The van der Waals surface area contributed by atoms with E-state index in [2.05, 4.69) is 0 Å². The monoisotopic (exact) mass is 293 g/mol. The summed E-state index contributed by atoms with van der Waals surface area (Å²) in [5.41, 5.74) is 8.52. The summed E-state index contributed by atoms with van der Waals surface area (Å²) in [7, 11) is 0. The fraction of sp³-hybridized carbons (Fsp3) is 0.133. The maximum absolute atomic E-state index is 12.2. The van der Waals surface area contributed by atoms with Crippen molar-refractivity contribution in [2.45, 2.75) is 13.3 Å². The first-order chi connectivity index (χ1) is 8.97. The lowest BCUT2D eigenvalue weighted by Gasteiger charge is -2.06.